The number of hydrogen-bond donors (Lipinski definition) is 0. The van der Waals surface area contributed by atoms with Gasteiger partial charge < -0.3 is 0 Å². The van der Waals surface area contributed by atoms with E-state index in [0.717, 1.165) is 21.3 Å². The lowest BCUT2D eigenvalue weighted by Crippen LogP contribution is -1.87. The first-order valence-electron chi connectivity index (χ1n) is 4.57. The Morgan fingerprint density at radius 3 is 2.73 bits per heavy atom. The third kappa shape index (κ3) is 2.10. The average molecular weight is 218 g/mol. The van der Waals surface area contributed by atoms with Crippen LogP contribution in [0.3, 0.4) is 0 Å². The van der Waals surface area contributed by atoms with Gasteiger partial charge in [0.05, 0.1) is 15.4 Å². The molecule has 0 aliphatic rings. The largest absolute Gasteiger partial charge is 0.294 e. The van der Waals surface area contributed by atoms with Crippen LogP contribution in [0.2, 0.25) is 0 Å². The smallest absolute Gasteiger partial charge is 0.169 e. The minimum absolute atomic E-state index is 0.0945. The summed E-state index contributed by atoms with van der Waals surface area (Å²) in [7, 11) is 0. The van der Waals surface area contributed by atoms with Gasteiger partial charge in [-0.3, -0.25) is 4.79 Å². The Bertz CT molecular complexity index is 505. The van der Waals surface area contributed by atoms with Crippen LogP contribution in [0, 0.1) is 6.92 Å². The highest BCUT2D eigenvalue weighted by Crippen LogP contribution is 2.26. The molecule has 0 aliphatic heterocycles. The van der Waals surface area contributed by atoms with Gasteiger partial charge in [0.2, 0.25) is 0 Å². The number of rotatable bonds is 2. The zero-order chi connectivity index (χ0) is 10.8. The summed E-state index contributed by atoms with van der Waals surface area (Å²) >= 11 is 1.46. The Labute approximate surface area is 91.8 Å². The summed E-state index contributed by atoms with van der Waals surface area (Å²) in [6.45, 7) is 3.42. The van der Waals surface area contributed by atoms with Crippen molar-refractivity contribution in [1.29, 1.82) is 0 Å². The van der Waals surface area contributed by atoms with Crippen LogP contribution in [0.1, 0.15) is 22.4 Å². The second-order valence-electron chi connectivity index (χ2n) is 3.21. The van der Waals surface area contributed by atoms with Crippen molar-refractivity contribution in [2.75, 3.05) is 0 Å². The number of carbonyl (C=O) groups is 1. The average Bonchev–Trinajstić information content (AvgIpc) is 2.66. The number of Topliss-reactive ketones (excluding diaryl/α,β-unsaturated/α-hetero) is 1. The third-order valence-corrected chi connectivity index (χ3v) is 3.19. The molecule has 0 saturated carbocycles. The fraction of sp³-hybridized carbons (Fsp3) is 0.182. The monoisotopic (exact) mass is 218 g/mol. The number of ketones is 1. The number of hydrogen-bond acceptors (Lipinski definition) is 4. The standard InChI is InChI=1S/C11H10N2OS/c1-7(14)10-3-4-11(15-10)9-5-6-12-8(2)13-9/h3-6H,1-2H3. The van der Waals surface area contributed by atoms with E-state index in [4.69, 9.17) is 0 Å². The van der Waals surface area contributed by atoms with E-state index in [1.54, 1.807) is 13.1 Å². The van der Waals surface area contributed by atoms with Crippen LogP contribution in [0.4, 0.5) is 0 Å². The highest BCUT2D eigenvalue weighted by Gasteiger charge is 2.07. The van der Waals surface area contributed by atoms with Crippen molar-refractivity contribution in [2.24, 2.45) is 0 Å². The summed E-state index contributed by atoms with van der Waals surface area (Å²) < 4.78 is 0. The molecule has 0 bridgehead atoms. The van der Waals surface area contributed by atoms with Crippen molar-refractivity contribution in [3.8, 4) is 10.6 Å². The first-order chi connectivity index (χ1) is 7.16. The van der Waals surface area contributed by atoms with Crippen molar-refractivity contribution < 1.29 is 4.79 Å². The zero-order valence-electron chi connectivity index (χ0n) is 8.52. The molecule has 76 valence electrons. The maximum absolute atomic E-state index is 11.1. The van der Waals surface area contributed by atoms with Gasteiger partial charge in [-0.1, -0.05) is 0 Å². The Kier molecular flexibility index (Phi) is 2.60. The molecule has 0 saturated heterocycles. The minimum Gasteiger partial charge on any atom is -0.294 e. The van der Waals surface area contributed by atoms with Gasteiger partial charge >= 0.3 is 0 Å². The molecule has 0 aliphatic carbocycles. The zero-order valence-corrected chi connectivity index (χ0v) is 9.34. The molecular weight excluding hydrogens is 208 g/mol. The van der Waals surface area contributed by atoms with Gasteiger partial charge in [0.1, 0.15) is 5.82 Å². The number of nitrogens with zero attached hydrogens (tertiary/aromatic N) is 2. The van der Waals surface area contributed by atoms with Gasteiger partial charge in [0, 0.05) is 6.20 Å². The highest BCUT2D eigenvalue weighted by atomic mass is 32.1. The second-order valence-corrected chi connectivity index (χ2v) is 4.29. The molecule has 0 atom stereocenters. The lowest BCUT2D eigenvalue weighted by Gasteiger charge is -1.96. The summed E-state index contributed by atoms with van der Waals surface area (Å²) in [5.41, 5.74) is 0.875. The van der Waals surface area contributed by atoms with E-state index in [0.29, 0.717) is 0 Å². The summed E-state index contributed by atoms with van der Waals surface area (Å²) in [6, 6.07) is 5.60. The fourth-order valence-corrected chi connectivity index (χ4v) is 2.13. The predicted octanol–water partition coefficient (Wildman–Crippen LogP) is 2.72. The van der Waals surface area contributed by atoms with Crippen molar-refractivity contribution in [3.05, 3.63) is 35.1 Å². The summed E-state index contributed by atoms with van der Waals surface area (Å²) in [5, 5.41) is 0. The normalized spacial score (nSPS) is 10.3. The number of aryl methyl sites for hydroxylation is 1. The molecule has 0 N–H and O–H groups in total. The van der Waals surface area contributed by atoms with Crippen molar-refractivity contribution >= 4 is 17.1 Å². The maximum Gasteiger partial charge on any atom is 0.169 e. The fourth-order valence-electron chi connectivity index (χ4n) is 1.26. The highest BCUT2D eigenvalue weighted by molar-refractivity contribution is 7.17. The van der Waals surface area contributed by atoms with Gasteiger partial charge in [0.15, 0.2) is 5.78 Å². The first-order valence-corrected chi connectivity index (χ1v) is 5.39. The quantitative estimate of drug-likeness (QED) is 0.728. The number of carbonyl (C=O) groups excluding carboxylic acids is 1. The number of thiophene rings is 1. The van der Waals surface area contributed by atoms with Crippen LogP contribution >= 0.6 is 11.3 Å². The van der Waals surface area contributed by atoms with Crippen molar-refractivity contribution in [1.82, 2.24) is 9.97 Å². The van der Waals surface area contributed by atoms with Gasteiger partial charge in [-0.25, -0.2) is 9.97 Å². The van der Waals surface area contributed by atoms with E-state index in [1.807, 2.05) is 25.1 Å². The Morgan fingerprint density at radius 1 is 1.33 bits per heavy atom. The third-order valence-electron chi connectivity index (χ3n) is 1.98. The summed E-state index contributed by atoms with van der Waals surface area (Å²) in [6.07, 6.45) is 1.73. The topological polar surface area (TPSA) is 42.9 Å². The van der Waals surface area contributed by atoms with Crippen LogP contribution in [-0.2, 0) is 0 Å². The van der Waals surface area contributed by atoms with E-state index in [1.165, 1.54) is 11.3 Å². The van der Waals surface area contributed by atoms with E-state index in [2.05, 4.69) is 9.97 Å². The maximum atomic E-state index is 11.1. The van der Waals surface area contributed by atoms with Crippen LogP contribution in [0.5, 0.6) is 0 Å². The second kappa shape index (κ2) is 3.90. The van der Waals surface area contributed by atoms with Gasteiger partial charge in [-0.15, -0.1) is 11.3 Å². The lowest BCUT2D eigenvalue weighted by molar-refractivity contribution is 0.102. The van der Waals surface area contributed by atoms with Crippen LogP contribution in [0.25, 0.3) is 10.6 Å². The molecule has 2 aromatic rings. The molecule has 15 heavy (non-hydrogen) atoms. The molecule has 0 unspecified atom stereocenters. The molecule has 3 nitrogen and oxygen atoms in total. The van der Waals surface area contributed by atoms with E-state index in [9.17, 15) is 4.79 Å². The lowest BCUT2D eigenvalue weighted by atomic mass is 10.3. The van der Waals surface area contributed by atoms with Crippen LogP contribution in [-0.4, -0.2) is 15.8 Å². The molecule has 2 heterocycles. The molecule has 2 rings (SSSR count). The van der Waals surface area contributed by atoms with E-state index in [-0.39, 0.29) is 5.78 Å². The van der Waals surface area contributed by atoms with Crippen LogP contribution in [0.15, 0.2) is 24.4 Å². The Morgan fingerprint density at radius 2 is 2.13 bits per heavy atom. The molecule has 0 amide bonds. The molecule has 0 aromatic carbocycles. The van der Waals surface area contributed by atoms with Gasteiger partial charge in [-0.05, 0) is 32.0 Å². The Balaban J connectivity index is 2.41. The summed E-state index contributed by atoms with van der Waals surface area (Å²) in [4.78, 5) is 21.2. The molecule has 2 aromatic heterocycles. The van der Waals surface area contributed by atoms with Crippen LogP contribution < -0.4 is 0 Å². The van der Waals surface area contributed by atoms with Gasteiger partial charge in [0.25, 0.3) is 0 Å². The van der Waals surface area contributed by atoms with Crippen molar-refractivity contribution in [2.45, 2.75) is 13.8 Å². The number of aromatic nitrogens is 2. The first kappa shape index (κ1) is 9.98. The molecule has 0 spiro atoms. The Hall–Kier alpha value is -1.55. The van der Waals surface area contributed by atoms with E-state index < -0.39 is 0 Å². The van der Waals surface area contributed by atoms with Crippen molar-refractivity contribution in [3.63, 3.8) is 0 Å². The molecule has 0 fully saturated rings. The molecule has 0 radical (unpaired) electrons. The molecule has 4 heteroatoms. The predicted molar refractivity (Wildman–Crippen MR) is 60.1 cm³/mol. The summed E-state index contributed by atoms with van der Waals surface area (Å²) in [5.74, 6) is 0.835. The SMILES string of the molecule is CC(=O)c1ccc(-c2ccnc(C)n2)s1. The van der Waals surface area contributed by atoms with Gasteiger partial charge in [-0.2, -0.15) is 0 Å². The molecular formula is C11H10N2OS. The minimum atomic E-state index is 0.0945. The van der Waals surface area contributed by atoms with E-state index >= 15 is 0 Å².